The van der Waals surface area contributed by atoms with Gasteiger partial charge in [0, 0.05) is 64.9 Å². The molecule has 0 amide bonds. The van der Waals surface area contributed by atoms with Crippen molar-refractivity contribution in [2.45, 2.75) is 0 Å². The van der Waals surface area contributed by atoms with E-state index in [2.05, 4.69) is 208 Å². The Labute approximate surface area is 316 Å². The summed E-state index contributed by atoms with van der Waals surface area (Å²) < 4.78 is 7.32. The van der Waals surface area contributed by atoms with Crippen LogP contribution < -0.4 is 4.90 Å². The number of benzene rings is 8. The van der Waals surface area contributed by atoms with E-state index in [-0.39, 0.29) is 0 Å². The van der Waals surface area contributed by atoms with Crippen molar-refractivity contribution in [1.82, 2.24) is 14.1 Å². The molecule has 0 N–H and O–H groups in total. The van der Waals surface area contributed by atoms with E-state index in [0.29, 0.717) is 0 Å². The maximum Gasteiger partial charge on any atom is 0.145 e. The Morgan fingerprint density at radius 1 is 0.426 bits per heavy atom. The molecule has 11 aromatic rings. The van der Waals surface area contributed by atoms with Crippen LogP contribution in [0.1, 0.15) is 0 Å². The predicted molar refractivity (Wildman–Crippen MR) is 228 cm³/mol. The Morgan fingerprint density at radius 3 is 1.83 bits per heavy atom. The van der Waals surface area contributed by atoms with Gasteiger partial charge in [-0.2, -0.15) is 0 Å². The van der Waals surface area contributed by atoms with Gasteiger partial charge in [-0.1, -0.05) is 91.0 Å². The highest BCUT2D eigenvalue weighted by molar-refractivity contribution is 7.26. The minimum atomic E-state index is 0.925. The van der Waals surface area contributed by atoms with Gasteiger partial charge in [0.1, 0.15) is 5.82 Å². The Bertz CT molecular complexity index is 3100. The smallest absolute Gasteiger partial charge is 0.145 e. The fourth-order valence-corrected chi connectivity index (χ4v) is 9.24. The van der Waals surface area contributed by atoms with Crippen LogP contribution in [-0.2, 0) is 0 Å². The molecule has 0 radical (unpaired) electrons. The average molecular weight is 709 g/mol. The van der Waals surface area contributed by atoms with Gasteiger partial charge in [0.25, 0.3) is 0 Å². The van der Waals surface area contributed by atoms with E-state index >= 15 is 0 Å². The standard InChI is InChI=1S/C49H32N4S/c1-4-14-34(15-5-1)51(35-16-6-2-7-17-35)38-28-30-43-41(32-38)39-29-31-46-47(40-20-10-13-23-45(40)54-46)48(39)52(43)37-26-24-33(25-27-37)49-50-42-21-11-12-22-44(42)53(49)36-18-8-3-9-19-36/h1-32H. The largest absolute Gasteiger partial charge is 0.310 e. The number of anilines is 3. The van der Waals surface area contributed by atoms with E-state index in [0.717, 1.165) is 50.9 Å². The molecular formula is C49H32N4S. The second kappa shape index (κ2) is 12.3. The number of para-hydroxylation sites is 5. The zero-order valence-electron chi connectivity index (χ0n) is 29.2. The SMILES string of the molecule is c1ccc(N(c2ccccc2)c2ccc3c(c2)c2ccc4sc5ccccc5c4c2n3-c2ccc(-c3nc4ccccc4n3-c3ccccc3)cc2)cc1. The van der Waals surface area contributed by atoms with Gasteiger partial charge in [-0.05, 0) is 103 Å². The fourth-order valence-electron chi connectivity index (χ4n) is 8.13. The van der Waals surface area contributed by atoms with E-state index in [1.807, 2.05) is 11.3 Å². The molecule has 0 saturated heterocycles. The van der Waals surface area contributed by atoms with Gasteiger partial charge in [-0.25, -0.2) is 4.98 Å². The molecule has 0 bridgehead atoms. The molecule has 0 spiro atoms. The van der Waals surface area contributed by atoms with Crippen molar-refractivity contribution in [2.24, 2.45) is 0 Å². The lowest BCUT2D eigenvalue weighted by molar-refractivity contribution is 1.10. The van der Waals surface area contributed by atoms with E-state index in [1.54, 1.807) is 0 Å². The predicted octanol–water partition coefficient (Wildman–Crippen LogP) is 13.6. The molecule has 0 atom stereocenters. The Kier molecular flexibility index (Phi) is 7.00. The van der Waals surface area contributed by atoms with Gasteiger partial charge in [-0.15, -0.1) is 11.3 Å². The second-order valence-electron chi connectivity index (χ2n) is 13.6. The van der Waals surface area contributed by atoms with Crippen LogP contribution in [-0.4, -0.2) is 14.1 Å². The third-order valence-electron chi connectivity index (χ3n) is 10.5. The first-order valence-electron chi connectivity index (χ1n) is 18.2. The maximum absolute atomic E-state index is 5.15. The number of imidazole rings is 1. The molecular weight excluding hydrogens is 677 g/mol. The fraction of sp³-hybridized carbons (Fsp3) is 0. The van der Waals surface area contributed by atoms with Crippen molar-refractivity contribution in [1.29, 1.82) is 0 Å². The van der Waals surface area contributed by atoms with Crippen LogP contribution in [0.4, 0.5) is 17.1 Å². The van der Waals surface area contributed by atoms with Crippen LogP contribution in [0.2, 0.25) is 0 Å². The lowest BCUT2D eigenvalue weighted by Gasteiger charge is -2.25. The summed E-state index contributed by atoms with van der Waals surface area (Å²) >= 11 is 1.86. The minimum Gasteiger partial charge on any atom is -0.310 e. The van der Waals surface area contributed by atoms with Crippen molar-refractivity contribution >= 4 is 81.4 Å². The molecule has 254 valence electrons. The summed E-state index contributed by atoms with van der Waals surface area (Å²) in [6.45, 7) is 0. The van der Waals surface area contributed by atoms with Crippen molar-refractivity contribution in [2.75, 3.05) is 4.90 Å². The Morgan fingerprint density at radius 2 is 1.07 bits per heavy atom. The number of hydrogen-bond acceptors (Lipinski definition) is 3. The molecule has 3 heterocycles. The molecule has 54 heavy (non-hydrogen) atoms. The number of rotatable bonds is 6. The summed E-state index contributed by atoms with van der Waals surface area (Å²) in [6, 6.07) is 69.5. The normalized spacial score (nSPS) is 11.7. The molecule has 11 rings (SSSR count). The molecule has 5 heteroatoms. The van der Waals surface area contributed by atoms with E-state index in [9.17, 15) is 0 Å². The summed E-state index contributed by atoms with van der Waals surface area (Å²) in [4.78, 5) is 7.49. The number of thiophene rings is 1. The van der Waals surface area contributed by atoms with E-state index in [1.165, 1.54) is 42.0 Å². The average Bonchev–Trinajstić information content (AvgIpc) is 3.92. The first-order chi connectivity index (χ1) is 26.8. The van der Waals surface area contributed by atoms with Crippen molar-refractivity contribution in [3.8, 4) is 22.8 Å². The van der Waals surface area contributed by atoms with Crippen LogP contribution in [0.3, 0.4) is 0 Å². The van der Waals surface area contributed by atoms with Crippen molar-refractivity contribution in [3.63, 3.8) is 0 Å². The maximum atomic E-state index is 5.15. The molecule has 0 aliphatic carbocycles. The molecule has 8 aromatic carbocycles. The number of nitrogens with zero attached hydrogens (tertiary/aromatic N) is 4. The summed E-state index contributed by atoms with van der Waals surface area (Å²) in [7, 11) is 0. The topological polar surface area (TPSA) is 26.0 Å². The molecule has 0 saturated carbocycles. The summed E-state index contributed by atoms with van der Waals surface area (Å²) in [5.74, 6) is 0.925. The van der Waals surface area contributed by atoms with Crippen LogP contribution in [0, 0.1) is 0 Å². The second-order valence-corrected chi connectivity index (χ2v) is 14.7. The van der Waals surface area contributed by atoms with Crippen molar-refractivity contribution < 1.29 is 0 Å². The summed E-state index contributed by atoms with van der Waals surface area (Å²) in [6.07, 6.45) is 0. The monoisotopic (exact) mass is 708 g/mol. The highest BCUT2D eigenvalue weighted by atomic mass is 32.1. The van der Waals surface area contributed by atoms with Gasteiger partial charge in [0.05, 0.1) is 22.1 Å². The molecule has 0 aliphatic rings. The molecule has 0 aliphatic heterocycles. The van der Waals surface area contributed by atoms with Gasteiger partial charge < -0.3 is 9.47 Å². The first-order valence-corrected chi connectivity index (χ1v) is 19.0. The molecule has 0 unspecified atom stereocenters. The molecule has 0 fully saturated rings. The lowest BCUT2D eigenvalue weighted by atomic mass is 10.1. The number of fused-ring (bicyclic) bond motifs is 8. The van der Waals surface area contributed by atoms with E-state index in [4.69, 9.17) is 4.98 Å². The van der Waals surface area contributed by atoms with Crippen LogP contribution in [0.25, 0.3) is 75.8 Å². The Balaban J connectivity index is 1.15. The number of hydrogen-bond donors (Lipinski definition) is 0. The highest BCUT2D eigenvalue weighted by Gasteiger charge is 2.21. The van der Waals surface area contributed by atoms with Crippen LogP contribution in [0.5, 0.6) is 0 Å². The summed E-state index contributed by atoms with van der Waals surface area (Å²) in [5.41, 5.74) is 11.1. The highest BCUT2D eigenvalue weighted by Crippen LogP contribution is 2.45. The van der Waals surface area contributed by atoms with Gasteiger partial charge in [-0.3, -0.25) is 4.57 Å². The van der Waals surface area contributed by atoms with Gasteiger partial charge >= 0.3 is 0 Å². The minimum absolute atomic E-state index is 0.925. The zero-order chi connectivity index (χ0) is 35.6. The third-order valence-corrected chi connectivity index (χ3v) is 11.6. The number of aromatic nitrogens is 3. The zero-order valence-corrected chi connectivity index (χ0v) is 30.0. The van der Waals surface area contributed by atoms with Gasteiger partial charge in [0.2, 0.25) is 0 Å². The van der Waals surface area contributed by atoms with Gasteiger partial charge in [0.15, 0.2) is 0 Å². The van der Waals surface area contributed by atoms with Crippen LogP contribution >= 0.6 is 11.3 Å². The lowest BCUT2D eigenvalue weighted by Crippen LogP contribution is -2.09. The molecule has 4 nitrogen and oxygen atoms in total. The van der Waals surface area contributed by atoms with Crippen LogP contribution in [0.15, 0.2) is 194 Å². The van der Waals surface area contributed by atoms with E-state index < -0.39 is 0 Å². The first kappa shape index (κ1) is 30.7. The molecule has 3 aromatic heterocycles. The quantitative estimate of drug-likeness (QED) is 0.172. The third kappa shape index (κ3) is 4.79. The Hall–Kier alpha value is -6.95. The van der Waals surface area contributed by atoms with Crippen molar-refractivity contribution in [3.05, 3.63) is 194 Å². The summed E-state index contributed by atoms with van der Waals surface area (Å²) in [5, 5.41) is 5.03.